The van der Waals surface area contributed by atoms with Gasteiger partial charge >= 0.3 is 0 Å². The Morgan fingerprint density at radius 1 is 1.42 bits per heavy atom. The standard InChI is InChI=1S/C22H23N7O4/c1-13(17-10-25-12-29(17)2)33-28-21(30)18-19(24)26-20(15-5-3-4-14(8-15)9-23)27-22(18)32-16-6-7-31-11-16/h3-5,8,10,12-13,16H,6-7,11H2,1-2H3,(H,28,30)(H2,24,26,27)/t13-,16+/m1/s1. The molecule has 2 aromatic heterocycles. The van der Waals surface area contributed by atoms with E-state index in [1.807, 2.05) is 7.05 Å². The molecule has 1 amide bonds. The molecule has 0 saturated carbocycles. The molecule has 11 nitrogen and oxygen atoms in total. The lowest BCUT2D eigenvalue weighted by atomic mass is 10.1. The molecule has 0 bridgehead atoms. The minimum absolute atomic E-state index is 0.0182. The summed E-state index contributed by atoms with van der Waals surface area (Å²) in [6.45, 7) is 2.70. The maximum Gasteiger partial charge on any atom is 0.284 e. The van der Waals surface area contributed by atoms with Crippen LogP contribution in [0.1, 0.15) is 41.1 Å². The van der Waals surface area contributed by atoms with Crippen molar-refractivity contribution in [3.63, 3.8) is 0 Å². The van der Waals surface area contributed by atoms with Crippen LogP contribution in [0.25, 0.3) is 11.4 Å². The molecule has 3 heterocycles. The summed E-state index contributed by atoms with van der Waals surface area (Å²) < 4.78 is 13.1. The smallest absolute Gasteiger partial charge is 0.284 e. The van der Waals surface area contributed by atoms with Crippen molar-refractivity contribution in [2.75, 3.05) is 18.9 Å². The van der Waals surface area contributed by atoms with E-state index in [0.717, 1.165) is 5.69 Å². The molecule has 0 unspecified atom stereocenters. The fraction of sp³-hybridized carbons (Fsp3) is 0.318. The Morgan fingerprint density at radius 2 is 2.27 bits per heavy atom. The number of rotatable bonds is 7. The molecule has 4 rings (SSSR count). The average Bonchev–Trinajstić information content (AvgIpc) is 3.48. The van der Waals surface area contributed by atoms with Crippen molar-refractivity contribution in [1.29, 1.82) is 5.26 Å². The number of hydrogen-bond donors (Lipinski definition) is 2. The first kappa shape index (κ1) is 22.2. The van der Waals surface area contributed by atoms with E-state index in [1.165, 1.54) is 0 Å². The number of hydroxylamine groups is 1. The number of nitriles is 1. The molecule has 1 aromatic carbocycles. The van der Waals surface area contributed by atoms with E-state index < -0.39 is 12.0 Å². The lowest BCUT2D eigenvalue weighted by molar-refractivity contribution is -0.0120. The van der Waals surface area contributed by atoms with Crippen molar-refractivity contribution in [2.45, 2.75) is 25.6 Å². The van der Waals surface area contributed by atoms with Gasteiger partial charge in [0.2, 0.25) is 5.88 Å². The Bertz CT molecular complexity index is 1200. The Balaban J connectivity index is 1.63. The summed E-state index contributed by atoms with van der Waals surface area (Å²) in [6, 6.07) is 8.84. The third kappa shape index (κ3) is 4.92. The molecule has 1 saturated heterocycles. The predicted molar refractivity (Wildman–Crippen MR) is 117 cm³/mol. The summed E-state index contributed by atoms with van der Waals surface area (Å²) in [5.74, 6) is -0.470. The van der Waals surface area contributed by atoms with E-state index in [-0.39, 0.29) is 29.2 Å². The molecule has 1 fully saturated rings. The Morgan fingerprint density at radius 3 is 2.97 bits per heavy atom. The van der Waals surface area contributed by atoms with Crippen LogP contribution in [0, 0.1) is 11.3 Å². The molecule has 0 aliphatic carbocycles. The topological polar surface area (TPSA) is 150 Å². The third-order valence-corrected chi connectivity index (χ3v) is 5.15. The molecular formula is C22H23N7O4. The van der Waals surface area contributed by atoms with Gasteiger partial charge in [0.15, 0.2) is 5.82 Å². The average molecular weight is 449 g/mol. The molecule has 0 radical (unpaired) electrons. The monoisotopic (exact) mass is 449 g/mol. The van der Waals surface area contributed by atoms with Crippen molar-refractivity contribution in [2.24, 2.45) is 7.05 Å². The summed E-state index contributed by atoms with van der Waals surface area (Å²) >= 11 is 0. The molecular weight excluding hydrogens is 426 g/mol. The molecule has 33 heavy (non-hydrogen) atoms. The SMILES string of the molecule is C[C@@H](ONC(=O)c1c(N)nc(-c2cccc(C#N)c2)nc1O[C@H]1CCOC1)c1cncn1C. The molecule has 3 aromatic rings. The van der Waals surface area contributed by atoms with Crippen LogP contribution in [0.4, 0.5) is 5.82 Å². The van der Waals surface area contributed by atoms with Crippen LogP contribution in [-0.4, -0.2) is 44.7 Å². The summed E-state index contributed by atoms with van der Waals surface area (Å²) in [5.41, 5.74) is 10.3. The van der Waals surface area contributed by atoms with Crippen molar-refractivity contribution < 1.29 is 19.1 Å². The summed E-state index contributed by atoms with van der Waals surface area (Å²) in [7, 11) is 1.82. The predicted octanol–water partition coefficient (Wildman–Crippen LogP) is 1.92. The van der Waals surface area contributed by atoms with E-state index in [1.54, 1.807) is 48.3 Å². The molecule has 2 atom stereocenters. The van der Waals surface area contributed by atoms with Crippen molar-refractivity contribution in [3.05, 3.63) is 53.6 Å². The van der Waals surface area contributed by atoms with E-state index in [2.05, 4.69) is 26.5 Å². The van der Waals surface area contributed by atoms with Gasteiger partial charge in [0, 0.05) is 19.0 Å². The molecule has 1 aliphatic rings. The van der Waals surface area contributed by atoms with Gasteiger partial charge < -0.3 is 19.8 Å². The minimum atomic E-state index is -0.646. The van der Waals surface area contributed by atoms with Crippen LogP contribution in [0.5, 0.6) is 5.88 Å². The van der Waals surface area contributed by atoms with Gasteiger partial charge in [-0.15, -0.1) is 0 Å². The van der Waals surface area contributed by atoms with Gasteiger partial charge in [0.1, 0.15) is 23.6 Å². The first-order chi connectivity index (χ1) is 16.0. The van der Waals surface area contributed by atoms with Crippen LogP contribution in [0.15, 0.2) is 36.8 Å². The van der Waals surface area contributed by atoms with Gasteiger partial charge in [-0.25, -0.2) is 15.4 Å². The van der Waals surface area contributed by atoms with Crippen LogP contribution in [0.3, 0.4) is 0 Å². The number of benzene rings is 1. The quantitative estimate of drug-likeness (QED) is 0.516. The highest BCUT2D eigenvalue weighted by Crippen LogP contribution is 2.28. The lowest BCUT2D eigenvalue weighted by Crippen LogP contribution is -2.29. The number of aryl methyl sites for hydroxylation is 1. The first-order valence-corrected chi connectivity index (χ1v) is 10.3. The highest BCUT2D eigenvalue weighted by Gasteiger charge is 2.27. The number of ether oxygens (including phenoxy) is 2. The van der Waals surface area contributed by atoms with E-state index in [9.17, 15) is 10.1 Å². The highest BCUT2D eigenvalue weighted by molar-refractivity contribution is 6.00. The number of nitrogens with two attached hydrogens (primary N) is 1. The highest BCUT2D eigenvalue weighted by atomic mass is 16.7. The van der Waals surface area contributed by atoms with Gasteiger partial charge in [-0.3, -0.25) is 9.63 Å². The largest absolute Gasteiger partial charge is 0.471 e. The van der Waals surface area contributed by atoms with Gasteiger partial charge in [-0.2, -0.15) is 10.2 Å². The van der Waals surface area contributed by atoms with Crippen LogP contribution in [-0.2, 0) is 16.6 Å². The first-order valence-electron chi connectivity index (χ1n) is 10.3. The number of imidazole rings is 1. The number of nitrogen functional groups attached to an aromatic ring is 1. The third-order valence-electron chi connectivity index (χ3n) is 5.15. The van der Waals surface area contributed by atoms with Gasteiger partial charge in [0.05, 0.1) is 43.1 Å². The normalized spacial score (nSPS) is 16.2. The van der Waals surface area contributed by atoms with Crippen molar-refractivity contribution in [1.82, 2.24) is 25.0 Å². The molecule has 3 N–H and O–H groups in total. The lowest BCUT2D eigenvalue weighted by Gasteiger charge is -2.18. The van der Waals surface area contributed by atoms with Crippen LogP contribution >= 0.6 is 0 Å². The zero-order valence-electron chi connectivity index (χ0n) is 18.2. The molecule has 170 valence electrons. The van der Waals surface area contributed by atoms with Crippen LogP contribution < -0.4 is 16.0 Å². The molecule has 1 aliphatic heterocycles. The van der Waals surface area contributed by atoms with Crippen LogP contribution in [0.2, 0.25) is 0 Å². The second-order valence-electron chi connectivity index (χ2n) is 7.53. The van der Waals surface area contributed by atoms with Crippen molar-refractivity contribution >= 4 is 11.7 Å². The second-order valence-corrected chi connectivity index (χ2v) is 7.53. The second kappa shape index (κ2) is 9.64. The Hall–Kier alpha value is -4.01. The summed E-state index contributed by atoms with van der Waals surface area (Å²) in [6.07, 6.45) is 3.19. The Kier molecular flexibility index (Phi) is 6.48. The fourth-order valence-electron chi connectivity index (χ4n) is 3.39. The number of nitrogens with one attached hydrogen (secondary N) is 1. The molecule has 0 spiro atoms. The molecule has 11 heteroatoms. The number of hydrogen-bond acceptors (Lipinski definition) is 9. The number of carbonyl (C=O) groups is 1. The fourth-order valence-corrected chi connectivity index (χ4v) is 3.39. The van der Waals surface area contributed by atoms with E-state index >= 15 is 0 Å². The number of amides is 1. The number of carbonyl (C=O) groups excluding carboxylic acids is 1. The Labute approximate surface area is 190 Å². The van der Waals surface area contributed by atoms with Gasteiger partial charge in [-0.1, -0.05) is 12.1 Å². The van der Waals surface area contributed by atoms with Gasteiger partial charge in [0.25, 0.3) is 5.91 Å². The van der Waals surface area contributed by atoms with Gasteiger partial charge in [-0.05, 0) is 19.1 Å². The maximum absolute atomic E-state index is 13.0. The maximum atomic E-state index is 13.0. The zero-order valence-corrected chi connectivity index (χ0v) is 18.2. The summed E-state index contributed by atoms with van der Waals surface area (Å²) in [4.78, 5) is 31.3. The summed E-state index contributed by atoms with van der Waals surface area (Å²) in [5, 5.41) is 9.19. The van der Waals surface area contributed by atoms with E-state index in [4.69, 9.17) is 20.0 Å². The zero-order chi connectivity index (χ0) is 23.4. The van der Waals surface area contributed by atoms with E-state index in [0.29, 0.717) is 30.8 Å². The minimum Gasteiger partial charge on any atom is -0.471 e. The van der Waals surface area contributed by atoms with Crippen molar-refractivity contribution in [3.8, 4) is 23.3 Å². The number of nitrogens with zero attached hydrogens (tertiary/aromatic N) is 5. The number of anilines is 1. The number of aromatic nitrogens is 4.